The smallest absolute Gasteiger partial charge is 0.0372 e. The Bertz CT molecular complexity index is 341. The van der Waals surface area contributed by atoms with Crippen LogP contribution in [-0.2, 0) is 6.42 Å². The first kappa shape index (κ1) is 9.26. The van der Waals surface area contributed by atoms with Crippen LogP contribution in [0.1, 0.15) is 31.2 Å². The van der Waals surface area contributed by atoms with Gasteiger partial charge < -0.3 is 5.32 Å². The number of para-hydroxylation sites is 1. The maximum atomic E-state index is 3.57. The van der Waals surface area contributed by atoms with E-state index in [-0.39, 0.29) is 0 Å². The van der Waals surface area contributed by atoms with Crippen LogP contribution in [0.5, 0.6) is 0 Å². The molecule has 1 aromatic carbocycles. The highest BCUT2D eigenvalue weighted by molar-refractivity contribution is 5.53. The summed E-state index contributed by atoms with van der Waals surface area (Å²) >= 11 is 0. The normalized spacial score (nSPS) is 25.2. The average molecular weight is 201 g/mol. The molecule has 1 aromatic rings. The Hall–Kier alpha value is -0.980. The number of fused-ring (bicyclic) bond motifs is 1. The fourth-order valence-electron chi connectivity index (χ4n) is 2.87. The fourth-order valence-corrected chi connectivity index (χ4v) is 2.87. The third-order valence-electron chi connectivity index (χ3n) is 4.00. The topological polar surface area (TPSA) is 12.0 Å². The van der Waals surface area contributed by atoms with Gasteiger partial charge in [0, 0.05) is 12.2 Å². The van der Waals surface area contributed by atoms with Crippen LogP contribution < -0.4 is 5.32 Å². The molecule has 1 heteroatoms. The molecule has 0 amide bonds. The Morgan fingerprint density at radius 2 is 2.00 bits per heavy atom. The molecule has 1 nitrogen and oxygen atoms in total. The van der Waals surface area contributed by atoms with E-state index in [1.165, 1.54) is 49.9 Å². The lowest BCUT2D eigenvalue weighted by Crippen LogP contribution is -2.27. The van der Waals surface area contributed by atoms with Gasteiger partial charge in [-0.3, -0.25) is 0 Å². The predicted octanol–water partition coefficient (Wildman–Crippen LogP) is 3.46. The van der Waals surface area contributed by atoms with Crippen molar-refractivity contribution in [2.75, 3.05) is 11.9 Å². The molecule has 1 atom stereocenters. The quantitative estimate of drug-likeness (QED) is 0.772. The Balaban J connectivity index is 1.66. The van der Waals surface area contributed by atoms with Crippen molar-refractivity contribution in [1.29, 1.82) is 0 Å². The molecule has 0 aromatic heterocycles. The van der Waals surface area contributed by atoms with E-state index in [9.17, 15) is 0 Å². The summed E-state index contributed by atoms with van der Waals surface area (Å²) in [6.45, 7) is 1.19. The molecule has 0 radical (unpaired) electrons. The lowest BCUT2D eigenvalue weighted by Gasteiger charge is -2.33. The molecule has 15 heavy (non-hydrogen) atoms. The molecule has 3 rings (SSSR count). The van der Waals surface area contributed by atoms with Gasteiger partial charge in [-0.05, 0) is 36.3 Å². The summed E-state index contributed by atoms with van der Waals surface area (Å²) in [7, 11) is 0. The molecule has 2 aliphatic rings. The molecule has 1 heterocycles. The summed E-state index contributed by atoms with van der Waals surface area (Å²) in [6.07, 6.45) is 7.18. The predicted molar refractivity (Wildman–Crippen MR) is 64.1 cm³/mol. The van der Waals surface area contributed by atoms with Crippen molar-refractivity contribution in [1.82, 2.24) is 0 Å². The highest BCUT2D eigenvalue weighted by Crippen LogP contribution is 2.35. The number of hydrogen-bond donors (Lipinski definition) is 1. The minimum Gasteiger partial charge on any atom is -0.385 e. The maximum Gasteiger partial charge on any atom is 0.0372 e. The zero-order valence-electron chi connectivity index (χ0n) is 9.21. The summed E-state index contributed by atoms with van der Waals surface area (Å²) in [5.41, 5.74) is 2.88. The van der Waals surface area contributed by atoms with Crippen LogP contribution >= 0.6 is 0 Å². The van der Waals surface area contributed by atoms with Gasteiger partial charge in [-0.15, -0.1) is 0 Å². The van der Waals surface area contributed by atoms with Gasteiger partial charge in [-0.2, -0.15) is 0 Å². The second kappa shape index (κ2) is 3.88. The van der Waals surface area contributed by atoms with Crippen LogP contribution in [0.4, 0.5) is 5.69 Å². The van der Waals surface area contributed by atoms with Crippen molar-refractivity contribution >= 4 is 5.69 Å². The third-order valence-corrected chi connectivity index (χ3v) is 4.00. The number of benzene rings is 1. The zero-order valence-corrected chi connectivity index (χ0v) is 9.21. The summed E-state index contributed by atoms with van der Waals surface area (Å²) in [6, 6.07) is 8.76. The van der Waals surface area contributed by atoms with Gasteiger partial charge >= 0.3 is 0 Å². The van der Waals surface area contributed by atoms with Gasteiger partial charge in [0.2, 0.25) is 0 Å². The van der Waals surface area contributed by atoms with Crippen molar-refractivity contribution < 1.29 is 0 Å². The first-order chi connectivity index (χ1) is 7.42. The minimum absolute atomic E-state index is 0.880. The average Bonchev–Trinajstić information content (AvgIpc) is 2.23. The fraction of sp³-hybridized carbons (Fsp3) is 0.571. The first-order valence-corrected chi connectivity index (χ1v) is 6.23. The lowest BCUT2D eigenvalue weighted by molar-refractivity contribution is 0.251. The van der Waals surface area contributed by atoms with E-state index in [2.05, 4.69) is 29.6 Å². The number of rotatable bonds is 2. The Morgan fingerprint density at radius 3 is 2.80 bits per heavy atom. The second-order valence-electron chi connectivity index (χ2n) is 5.14. The Labute approximate surface area is 91.9 Å². The second-order valence-corrected chi connectivity index (χ2v) is 5.14. The van der Waals surface area contributed by atoms with Crippen molar-refractivity contribution in [3.63, 3.8) is 0 Å². The van der Waals surface area contributed by atoms with Crippen LogP contribution in [0.15, 0.2) is 24.3 Å². The standard InChI is InChI=1S/C14H19N/c1-2-7-14-13(6-1)9-12(10-15-14)8-11-4-3-5-11/h1-2,6-7,11-12,15H,3-5,8-10H2. The van der Waals surface area contributed by atoms with Crippen molar-refractivity contribution in [3.05, 3.63) is 29.8 Å². The van der Waals surface area contributed by atoms with Gasteiger partial charge in [0.25, 0.3) is 0 Å². The Kier molecular flexibility index (Phi) is 2.40. The van der Waals surface area contributed by atoms with Gasteiger partial charge in [-0.1, -0.05) is 37.5 Å². The third kappa shape index (κ3) is 1.88. The molecule has 0 saturated heterocycles. The highest BCUT2D eigenvalue weighted by Gasteiger charge is 2.24. The largest absolute Gasteiger partial charge is 0.385 e. The molecule has 1 aliphatic heterocycles. The number of anilines is 1. The van der Waals surface area contributed by atoms with Crippen LogP contribution in [0.2, 0.25) is 0 Å². The highest BCUT2D eigenvalue weighted by atomic mass is 14.9. The molecule has 1 N–H and O–H groups in total. The summed E-state index contributed by atoms with van der Waals surface area (Å²) < 4.78 is 0. The van der Waals surface area contributed by atoms with E-state index in [0.717, 1.165) is 11.8 Å². The molecule has 0 bridgehead atoms. The SMILES string of the molecule is c1ccc2c(c1)CC(CC1CCC1)CN2. The molecule has 80 valence electrons. The van der Waals surface area contributed by atoms with Crippen LogP contribution in [0, 0.1) is 11.8 Å². The summed E-state index contributed by atoms with van der Waals surface area (Å²) in [5.74, 6) is 1.92. The monoisotopic (exact) mass is 201 g/mol. The van der Waals surface area contributed by atoms with Crippen molar-refractivity contribution in [3.8, 4) is 0 Å². The summed E-state index contributed by atoms with van der Waals surface area (Å²) in [4.78, 5) is 0. The van der Waals surface area contributed by atoms with Gasteiger partial charge in [0.15, 0.2) is 0 Å². The molecule has 1 aliphatic carbocycles. The molecular weight excluding hydrogens is 182 g/mol. The van der Waals surface area contributed by atoms with E-state index in [4.69, 9.17) is 0 Å². The zero-order chi connectivity index (χ0) is 10.1. The number of nitrogens with one attached hydrogen (secondary N) is 1. The van der Waals surface area contributed by atoms with Crippen LogP contribution in [0.3, 0.4) is 0 Å². The van der Waals surface area contributed by atoms with Crippen LogP contribution in [0.25, 0.3) is 0 Å². The molecular formula is C14H19N. The maximum absolute atomic E-state index is 3.57. The Morgan fingerprint density at radius 1 is 1.13 bits per heavy atom. The number of hydrogen-bond acceptors (Lipinski definition) is 1. The van der Waals surface area contributed by atoms with E-state index in [0.29, 0.717) is 0 Å². The molecule has 1 fully saturated rings. The first-order valence-electron chi connectivity index (χ1n) is 6.23. The summed E-state index contributed by atoms with van der Waals surface area (Å²) in [5, 5.41) is 3.57. The van der Waals surface area contributed by atoms with E-state index >= 15 is 0 Å². The van der Waals surface area contributed by atoms with Crippen LogP contribution in [-0.4, -0.2) is 6.54 Å². The molecule has 0 spiro atoms. The molecule has 1 saturated carbocycles. The van der Waals surface area contributed by atoms with E-state index in [1.54, 1.807) is 0 Å². The van der Waals surface area contributed by atoms with Crippen molar-refractivity contribution in [2.45, 2.75) is 32.1 Å². The van der Waals surface area contributed by atoms with E-state index in [1.807, 2.05) is 0 Å². The van der Waals surface area contributed by atoms with E-state index < -0.39 is 0 Å². The van der Waals surface area contributed by atoms with Gasteiger partial charge in [0.05, 0.1) is 0 Å². The van der Waals surface area contributed by atoms with Gasteiger partial charge in [0.1, 0.15) is 0 Å². The minimum atomic E-state index is 0.880. The van der Waals surface area contributed by atoms with Crippen molar-refractivity contribution in [2.24, 2.45) is 11.8 Å². The van der Waals surface area contributed by atoms with Gasteiger partial charge in [-0.25, -0.2) is 0 Å². The lowest BCUT2D eigenvalue weighted by atomic mass is 9.76. The molecule has 1 unspecified atom stereocenters.